The molecule has 3 aromatic carbocycles. The van der Waals surface area contributed by atoms with Crippen LogP contribution in [0.4, 0.5) is 0 Å². The van der Waals surface area contributed by atoms with E-state index in [1.54, 1.807) is 12.1 Å². The number of aromatic carboxylic acids is 1. The maximum Gasteiger partial charge on any atom is 0.335 e. The molecule has 0 spiro atoms. The number of nitrogens with one attached hydrogen (secondary N) is 1. The lowest BCUT2D eigenvalue weighted by atomic mass is 9.96. The average molecular weight is 359 g/mol. The van der Waals surface area contributed by atoms with Crippen molar-refractivity contribution in [3.63, 3.8) is 0 Å². The molecular formula is C24H25NO2. The van der Waals surface area contributed by atoms with Crippen molar-refractivity contribution in [2.75, 3.05) is 0 Å². The van der Waals surface area contributed by atoms with Crippen LogP contribution in [0.15, 0.2) is 66.7 Å². The summed E-state index contributed by atoms with van der Waals surface area (Å²) in [6, 6.07) is 23.3. The molecule has 1 unspecified atom stereocenters. The van der Waals surface area contributed by atoms with Gasteiger partial charge in [-0.25, -0.2) is 4.79 Å². The van der Waals surface area contributed by atoms with Gasteiger partial charge in [-0.2, -0.15) is 0 Å². The Morgan fingerprint density at radius 3 is 2.52 bits per heavy atom. The Morgan fingerprint density at radius 1 is 1.00 bits per heavy atom. The third-order valence-electron chi connectivity index (χ3n) is 5.84. The van der Waals surface area contributed by atoms with Gasteiger partial charge in [0.1, 0.15) is 0 Å². The molecule has 138 valence electrons. The first kappa shape index (κ1) is 17.7. The molecule has 0 amide bonds. The van der Waals surface area contributed by atoms with Gasteiger partial charge in [-0.3, -0.25) is 0 Å². The molecule has 3 nitrogen and oxygen atoms in total. The zero-order valence-corrected chi connectivity index (χ0v) is 15.6. The van der Waals surface area contributed by atoms with Crippen LogP contribution in [-0.4, -0.2) is 17.1 Å². The fourth-order valence-corrected chi connectivity index (χ4v) is 4.40. The molecule has 1 aliphatic rings. The van der Waals surface area contributed by atoms with Gasteiger partial charge in [0.25, 0.3) is 0 Å². The molecule has 0 radical (unpaired) electrons. The second kappa shape index (κ2) is 7.53. The standard InChI is InChI=1S/C24H25NO2/c1-16(22-8-4-6-18-5-2-3-7-23(18)22)25-21-14-13-20(15-21)17-9-11-19(12-10-17)24(26)27/h2-12,16,20-21,25H,13-15H2,1H3,(H,26,27)/t16-,20+,21?/m1/s1. The van der Waals surface area contributed by atoms with E-state index < -0.39 is 5.97 Å². The summed E-state index contributed by atoms with van der Waals surface area (Å²) in [6.45, 7) is 2.25. The van der Waals surface area contributed by atoms with Crippen molar-refractivity contribution in [3.8, 4) is 0 Å². The molecule has 3 heteroatoms. The minimum atomic E-state index is -0.864. The second-order valence-corrected chi connectivity index (χ2v) is 7.59. The lowest BCUT2D eigenvalue weighted by Crippen LogP contribution is -2.29. The molecule has 0 saturated heterocycles. The van der Waals surface area contributed by atoms with Crippen LogP contribution in [0.25, 0.3) is 10.8 Å². The largest absolute Gasteiger partial charge is 0.478 e. The van der Waals surface area contributed by atoms with Crippen LogP contribution in [0.1, 0.15) is 59.6 Å². The van der Waals surface area contributed by atoms with E-state index in [1.807, 2.05) is 12.1 Å². The predicted octanol–water partition coefficient (Wildman–Crippen LogP) is 5.52. The van der Waals surface area contributed by atoms with Crippen molar-refractivity contribution < 1.29 is 9.90 Å². The zero-order valence-electron chi connectivity index (χ0n) is 15.6. The molecule has 3 atom stereocenters. The fraction of sp³-hybridized carbons (Fsp3) is 0.292. The predicted molar refractivity (Wildman–Crippen MR) is 109 cm³/mol. The van der Waals surface area contributed by atoms with Gasteiger partial charge in [0.05, 0.1) is 5.56 Å². The van der Waals surface area contributed by atoms with E-state index in [-0.39, 0.29) is 0 Å². The lowest BCUT2D eigenvalue weighted by Gasteiger charge is -2.21. The molecule has 1 fully saturated rings. The van der Waals surface area contributed by atoms with E-state index in [4.69, 9.17) is 5.11 Å². The summed E-state index contributed by atoms with van der Waals surface area (Å²) in [4.78, 5) is 11.0. The summed E-state index contributed by atoms with van der Waals surface area (Å²) >= 11 is 0. The topological polar surface area (TPSA) is 49.3 Å². The van der Waals surface area contributed by atoms with Crippen LogP contribution >= 0.6 is 0 Å². The number of hydrogen-bond acceptors (Lipinski definition) is 2. The molecular weight excluding hydrogens is 334 g/mol. The maximum absolute atomic E-state index is 11.0. The van der Waals surface area contributed by atoms with E-state index in [0.717, 1.165) is 19.3 Å². The van der Waals surface area contributed by atoms with Gasteiger partial charge in [0, 0.05) is 12.1 Å². The number of carboxylic acids is 1. The summed E-state index contributed by atoms with van der Waals surface area (Å²) in [5.74, 6) is -0.360. The second-order valence-electron chi connectivity index (χ2n) is 7.59. The molecule has 0 aliphatic heterocycles. The number of hydrogen-bond donors (Lipinski definition) is 2. The smallest absolute Gasteiger partial charge is 0.335 e. The molecule has 2 N–H and O–H groups in total. The first-order valence-corrected chi connectivity index (χ1v) is 9.69. The Morgan fingerprint density at radius 2 is 1.74 bits per heavy atom. The number of rotatable bonds is 5. The number of fused-ring (bicyclic) bond motifs is 1. The Hall–Kier alpha value is -2.65. The van der Waals surface area contributed by atoms with E-state index >= 15 is 0 Å². The monoisotopic (exact) mass is 359 g/mol. The first-order valence-electron chi connectivity index (χ1n) is 9.69. The summed E-state index contributed by atoms with van der Waals surface area (Å²) in [5, 5.41) is 15.5. The van der Waals surface area contributed by atoms with E-state index in [9.17, 15) is 4.79 Å². The minimum Gasteiger partial charge on any atom is -0.478 e. The molecule has 1 saturated carbocycles. The Bertz CT molecular complexity index is 943. The van der Waals surface area contributed by atoms with Gasteiger partial charge in [-0.1, -0.05) is 54.6 Å². The van der Waals surface area contributed by atoms with Crippen molar-refractivity contribution >= 4 is 16.7 Å². The van der Waals surface area contributed by atoms with Crippen molar-refractivity contribution in [2.45, 2.75) is 44.2 Å². The van der Waals surface area contributed by atoms with E-state index in [0.29, 0.717) is 23.6 Å². The highest BCUT2D eigenvalue weighted by Crippen LogP contribution is 2.36. The van der Waals surface area contributed by atoms with Gasteiger partial charge < -0.3 is 10.4 Å². The minimum absolute atomic E-state index is 0.300. The summed E-state index contributed by atoms with van der Waals surface area (Å²) < 4.78 is 0. The summed E-state index contributed by atoms with van der Waals surface area (Å²) in [6.07, 6.45) is 3.40. The van der Waals surface area contributed by atoms with Crippen molar-refractivity contribution in [1.82, 2.24) is 5.32 Å². The van der Waals surface area contributed by atoms with Crippen LogP contribution in [0.2, 0.25) is 0 Å². The van der Waals surface area contributed by atoms with Gasteiger partial charge in [-0.15, -0.1) is 0 Å². The number of benzene rings is 3. The van der Waals surface area contributed by atoms with Crippen molar-refractivity contribution in [2.24, 2.45) is 0 Å². The molecule has 0 heterocycles. The highest BCUT2D eigenvalue weighted by molar-refractivity contribution is 5.87. The third-order valence-corrected chi connectivity index (χ3v) is 5.84. The highest BCUT2D eigenvalue weighted by Gasteiger charge is 2.27. The average Bonchev–Trinajstić information content (AvgIpc) is 3.16. The van der Waals surface area contributed by atoms with E-state index in [2.05, 4.69) is 54.7 Å². The van der Waals surface area contributed by atoms with Crippen LogP contribution < -0.4 is 5.32 Å². The quantitative estimate of drug-likeness (QED) is 0.630. The van der Waals surface area contributed by atoms with Crippen molar-refractivity contribution in [1.29, 1.82) is 0 Å². The number of carbonyl (C=O) groups is 1. The Kier molecular flexibility index (Phi) is 4.95. The molecule has 0 aromatic heterocycles. The van der Waals surface area contributed by atoms with Gasteiger partial charge in [-0.05, 0) is 66.1 Å². The molecule has 0 bridgehead atoms. The molecule has 27 heavy (non-hydrogen) atoms. The fourth-order valence-electron chi connectivity index (χ4n) is 4.40. The number of carboxylic acid groups (broad SMARTS) is 1. The molecule has 1 aliphatic carbocycles. The van der Waals surface area contributed by atoms with Gasteiger partial charge >= 0.3 is 5.97 Å². The van der Waals surface area contributed by atoms with Gasteiger partial charge in [0.15, 0.2) is 0 Å². The third kappa shape index (κ3) is 3.74. The van der Waals surface area contributed by atoms with Crippen LogP contribution in [0.3, 0.4) is 0 Å². The highest BCUT2D eigenvalue weighted by atomic mass is 16.4. The molecule has 3 aromatic rings. The van der Waals surface area contributed by atoms with Crippen LogP contribution in [0.5, 0.6) is 0 Å². The van der Waals surface area contributed by atoms with Gasteiger partial charge in [0.2, 0.25) is 0 Å². The summed E-state index contributed by atoms with van der Waals surface area (Å²) in [5.41, 5.74) is 2.96. The zero-order chi connectivity index (χ0) is 18.8. The maximum atomic E-state index is 11.0. The van der Waals surface area contributed by atoms with Crippen molar-refractivity contribution in [3.05, 3.63) is 83.4 Å². The molecule has 4 rings (SSSR count). The Labute approximate surface area is 160 Å². The van der Waals surface area contributed by atoms with Crippen LogP contribution in [0, 0.1) is 0 Å². The SMILES string of the molecule is C[C@@H](NC1CC[C@H](c2ccc(C(=O)O)cc2)C1)c1cccc2ccccc12. The summed E-state index contributed by atoms with van der Waals surface area (Å²) in [7, 11) is 0. The lowest BCUT2D eigenvalue weighted by molar-refractivity contribution is 0.0697. The van der Waals surface area contributed by atoms with E-state index in [1.165, 1.54) is 21.9 Å². The van der Waals surface area contributed by atoms with Crippen LogP contribution in [-0.2, 0) is 0 Å². The first-order chi connectivity index (χ1) is 13.1. The normalized spacial score (nSPS) is 20.6. The Balaban J connectivity index is 1.44.